The quantitative estimate of drug-likeness (QED) is 0.432. The number of carbonyl (C=O) groups is 1. The summed E-state index contributed by atoms with van der Waals surface area (Å²) in [5.41, 5.74) is 4.29. The molecule has 0 bridgehead atoms. The summed E-state index contributed by atoms with van der Waals surface area (Å²) < 4.78 is 12.8. The molecule has 162 valence electrons. The molecule has 0 aliphatic heterocycles. The Morgan fingerprint density at radius 3 is 2.45 bits per heavy atom. The lowest BCUT2D eigenvalue weighted by Crippen LogP contribution is -2.24. The van der Waals surface area contributed by atoms with E-state index in [2.05, 4.69) is 4.98 Å². The van der Waals surface area contributed by atoms with Crippen LogP contribution in [0.5, 0.6) is 11.5 Å². The van der Waals surface area contributed by atoms with E-state index in [0.717, 1.165) is 22.0 Å². The molecule has 1 aliphatic rings. The van der Waals surface area contributed by atoms with E-state index in [4.69, 9.17) is 9.47 Å². The molecule has 0 unspecified atom stereocenters. The van der Waals surface area contributed by atoms with Gasteiger partial charge in [-0.25, -0.2) is 0 Å². The van der Waals surface area contributed by atoms with Crippen molar-refractivity contribution in [1.82, 2.24) is 9.55 Å². The van der Waals surface area contributed by atoms with Gasteiger partial charge in [0.1, 0.15) is 0 Å². The summed E-state index contributed by atoms with van der Waals surface area (Å²) in [5.74, 6) is 0.691. The molecule has 2 aromatic heterocycles. The fourth-order valence-electron chi connectivity index (χ4n) is 4.99. The number of carbonyl (C=O) groups excluding carboxylic acids is 1. The van der Waals surface area contributed by atoms with Gasteiger partial charge < -0.3 is 19.0 Å². The summed E-state index contributed by atoms with van der Waals surface area (Å²) in [7, 11) is 3.04. The summed E-state index contributed by atoms with van der Waals surface area (Å²) in [6.07, 6.45) is 1.88. The minimum atomic E-state index is -0.225. The lowest BCUT2D eigenvalue weighted by Gasteiger charge is -2.18. The van der Waals surface area contributed by atoms with Gasteiger partial charge in [-0.05, 0) is 29.8 Å². The topological polar surface area (TPSA) is 73.3 Å². The fourth-order valence-corrected chi connectivity index (χ4v) is 4.99. The third-order valence-electron chi connectivity index (χ3n) is 6.45. The van der Waals surface area contributed by atoms with Crippen LogP contribution in [0.3, 0.4) is 0 Å². The predicted octanol–water partition coefficient (Wildman–Crippen LogP) is 4.76. The van der Waals surface area contributed by atoms with E-state index in [9.17, 15) is 9.59 Å². The average molecular weight is 436 g/mol. The van der Waals surface area contributed by atoms with Crippen molar-refractivity contribution in [2.24, 2.45) is 0 Å². The van der Waals surface area contributed by atoms with Gasteiger partial charge in [-0.2, -0.15) is 0 Å². The average Bonchev–Trinajstić information content (AvgIpc) is 3.44. The molecule has 33 heavy (non-hydrogen) atoms. The molecule has 0 saturated heterocycles. The zero-order chi connectivity index (χ0) is 22.7. The van der Waals surface area contributed by atoms with Gasteiger partial charge in [0.2, 0.25) is 0 Å². The fraction of sp³-hybridized carbons (Fsp3) is 0.111. The third kappa shape index (κ3) is 2.61. The number of ether oxygens (including phenoxy) is 2. The van der Waals surface area contributed by atoms with Crippen molar-refractivity contribution in [2.45, 2.75) is 6.54 Å². The van der Waals surface area contributed by atoms with E-state index in [1.165, 1.54) is 14.2 Å². The second-order valence-electron chi connectivity index (χ2n) is 8.07. The molecule has 3 aromatic carbocycles. The summed E-state index contributed by atoms with van der Waals surface area (Å²) in [5, 5.41) is 1.96. The summed E-state index contributed by atoms with van der Waals surface area (Å²) in [6.45, 7) is 0.314. The lowest BCUT2D eigenvalue weighted by molar-refractivity contribution is 0.104. The number of benzene rings is 3. The number of methoxy groups -OCH3 is 2. The number of hydrogen-bond acceptors (Lipinski definition) is 4. The Morgan fingerprint density at radius 1 is 0.848 bits per heavy atom. The maximum Gasteiger partial charge on any atom is 0.263 e. The number of nitrogens with zero attached hydrogens (tertiary/aromatic N) is 1. The normalized spacial score (nSPS) is 12.2. The molecular formula is C27H20N2O4. The zero-order valence-electron chi connectivity index (χ0n) is 18.1. The Kier molecular flexibility index (Phi) is 4.17. The van der Waals surface area contributed by atoms with Crippen LogP contribution in [0, 0.1) is 0 Å². The van der Waals surface area contributed by atoms with Gasteiger partial charge in [0, 0.05) is 33.6 Å². The van der Waals surface area contributed by atoms with Crippen LogP contribution in [0.15, 0.2) is 71.7 Å². The van der Waals surface area contributed by atoms with Gasteiger partial charge in [-0.3, -0.25) is 9.59 Å². The monoisotopic (exact) mass is 436 g/mol. The molecule has 2 heterocycles. The van der Waals surface area contributed by atoms with Gasteiger partial charge >= 0.3 is 0 Å². The highest BCUT2D eigenvalue weighted by Crippen LogP contribution is 2.43. The van der Waals surface area contributed by atoms with Crippen molar-refractivity contribution >= 4 is 27.5 Å². The molecular weight excluding hydrogens is 416 g/mol. The Labute approximate surface area is 189 Å². The molecule has 1 N–H and O–H groups in total. The minimum absolute atomic E-state index is 0.0913. The minimum Gasteiger partial charge on any atom is -0.493 e. The number of aromatic amines is 1. The predicted molar refractivity (Wildman–Crippen MR) is 128 cm³/mol. The second kappa shape index (κ2) is 7.10. The van der Waals surface area contributed by atoms with E-state index in [0.29, 0.717) is 45.6 Å². The van der Waals surface area contributed by atoms with Crippen molar-refractivity contribution in [3.63, 3.8) is 0 Å². The van der Waals surface area contributed by atoms with Crippen LogP contribution in [0.25, 0.3) is 32.9 Å². The van der Waals surface area contributed by atoms with Crippen molar-refractivity contribution in [1.29, 1.82) is 0 Å². The number of rotatable bonds is 4. The van der Waals surface area contributed by atoms with Gasteiger partial charge in [0.05, 0.1) is 37.4 Å². The first-order valence-corrected chi connectivity index (χ1v) is 10.6. The molecule has 0 fully saturated rings. The number of fused-ring (bicyclic) bond motifs is 6. The largest absolute Gasteiger partial charge is 0.493 e. The van der Waals surface area contributed by atoms with Crippen LogP contribution in [0.1, 0.15) is 21.5 Å². The number of H-pyrrole nitrogens is 1. The summed E-state index contributed by atoms with van der Waals surface area (Å²) in [6, 6.07) is 18.9. The number of pyridine rings is 1. The Morgan fingerprint density at radius 2 is 1.67 bits per heavy atom. The van der Waals surface area contributed by atoms with Crippen LogP contribution in [-0.2, 0) is 6.54 Å². The Hall–Kier alpha value is -4.32. The first-order valence-electron chi connectivity index (χ1n) is 10.6. The van der Waals surface area contributed by atoms with Crippen molar-refractivity contribution in [3.05, 3.63) is 93.9 Å². The number of aromatic nitrogens is 2. The van der Waals surface area contributed by atoms with Crippen molar-refractivity contribution in [2.75, 3.05) is 14.2 Å². The highest BCUT2D eigenvalue weighted by atomic mass is 16.5. The Bertz CT molecular complexity index is 1660. The zero-order valence-corrected chi connectivity index (χ0v) is 18.1. The molecule has 6 rings (SSSR count). The van der Waals surface area contributed by atoms with Gasteiger partial charge in [0.15, 0.2) is 17.3 Å². The van der Waals surface area contributed by atoms with E-state index in [-0.39, 0.29) is 11.3 Å². The Balaban J connectivity index is 1.75. The molecule has 5 aromatic rings. The van der Waals surface area contributed by atoms with Crippen LogP contribution < -0.4 is 15.0 Å². The van der Waals surface area contributed by atoms with Gasteiger partial charge in [-0.15, -0.1) is 0 Å². The number of ketones is 1. The molecule has 0 spiro atoms. The maximum atomic E-state index is 14.0. The van der Waals surface area contributed by atoms with E-state index in [1.54, 1.807) is 16.7 Å². The smallest absolute Gasteiger partial charge is 0.263 e. The van der Waals surface area contributed by atoms with Crippen LogP contribution in [-0.4, -0.2) is 29.6 Å². The first kappa shape index (κ1) is 19.4. The van der Waals surface area contributed by atoms with Crippen LogP contribution in [0.4, 0.5) is 0 Å². The molecule has 0 saturated carbocycles. The summed E-state index contributed by atoms with van der Waals surface area (Å²) in [4.78, 5) is 30.8. The van der Waals surface area contributed by atoms with Crippen molar-refractivity contribution < 1.29 is 14.3 Å². The molecule has 6 nitrogen and oxygen atoms in total. The number of nitrogens with one attached hydrogen (secondary N) is 1. The highest BCUT2D eigenvalue weighted by molar-refractivity contribution is 6.27. The third-order valence-corrected chi connectivity index (χ3v) is 6.45. The highest BCUT2D eigenvalue weighted by Gasteiger charge is 2.34. The van der Waals surface area contributed by atoms with Crippen LogP contribution >= 0.6 is 0 Å². The van der Waals surface area contributed by atoms with E-state index < -0.39 is 0 Å². The lowest BCUT2D eigenvalue weighted by atomic mass is 10.0. The number of hydrogen-bond donors (Lipinski definition) is 1. The van der Waals surface area contributed by atoms with E-state index >= 15 is 0 Å². The summed E-state index contributed by atoms with van der Waals surface area (Å²) >= 11 is 0. The van der Waals surface area contributed by atoms with Gasteiger partial charge in [-0.1, -0.05) is 36.4 Å². The second-order valence-corrected chi connectivity index (χ2v) is 8.07. The van der Waals surface area contributed by atoms with Gasteiger partial charge in [0.25, 0.3) is 5.56 Å². The standard InChI is InChI=1S/C27H20N2O4/c1-32-21-11-10-19-22-24(17-7-3-4-8-18(17)25(22)30)29(27(31)23(19)26(21)33-2)14-15-6-5-9-20-16(15)12-13-28-20/h3-13,28H,14H2,1-2H3. The molecule has 1 aliphatic carbocycles. The van der Waals surface area contributed by atoms with Crippen molar-refractivity contribution in [3.8, 4) is 22.8 Å². The molecule has 0 radical (unpaired) electrons. The SMILES string of the molecule is COc1ccc2c3c(n(Cc4cccc5[nH]ccc45)c(=O)c2c1OC)-c1ccccc1C3=O. The van der Waals surface area contributed by atoms with Crippen LogP contribution in [0.2, 0.25) is 0 Å². The maximum absolute atomic E-state index is 14.0. The first-order chi connectivity index (χ1) is 16.1. The van der Waals surface area contributed by atoms with E-state index in [1.807, 2.05) is 54.7 Å². The molecule has 6 heteroatoms. The molecule has 0 atom stereocenters. The molecule has 0 amide bonds.